The van der Waals surface area contributed by atoms with Crippen molar-refractivity contribution in [1.82, 2.24) is 15.5 Å². The van der Waals surface area contributed by atoms with Crippen LogP contribution in [0.4, 0.5) is 4.39 Å². The van der Waals surface area contributed by atoms with Crippen molar-refractivity contribution in [3.63, 3.8) is 0 Å². The fourth-order valence-corrected chi connectivity index (χ4v) is 1.37. The van der Waals surface area contributed by atoms with Gasteiger partial charge in [-0.2, -0.15) is 0 Å². The van der Waals surface area contributed by atoms with E-state index in [-0.39, 0.29) is 17.6 Å². The van der Waals surface area contributed by atoms with Gasteiger partial charge in [-0.3, -0.25) is 4.79 Å². The molecule has 7 heteroatoms. The molecular formula is C12H12FN3O3. The molecule has 6 nitrogen and oxygen atoms in total. The lowest BCUT2D eigenvalue weighted by Crippen LogP contribution is -2.27. The van der Waals surface area contributed by atoms with Crippen molar-refractivity contribution in [2.45, 2.75) is 0 Å². The minimum atomic E-state index is -0.474. The lowest BCUT2D eigenvalue weighted by molar-refractivity contribution is 0.0903. The number of carbonyl (C=O) groups excluding carboxylic acids is 1. The monoisotopic (exact) mass is 265 g/mol. The number of hydrogen-bond donors (Lipinski definition) is 1. The topological polar surface area (TPSA) is 77.2 Å². The van der Waals surface area contributed by atoms with E-state index in [1.54, 1.807) is 0 Å². The molecule has 100 valence electrons. The van der Waals surface area contributed by atoms with Crippen LogP contribution >= 0.6 is 0 Å². The molecule has 1 aromatic heterocycles. The van der Waals surface area contributed by atoms with E-state index in [1.165, 1.54) is 31.4 Å². The molecule has 1 aromatic carbocycles. The molecule has 19 heavy (non-hydrogen) atoms. The molecule has 1 N–H and O–H groups in total. The second-order valence-electron chi connectivity index (χ2n) is 3.67. The first-order valence-corrected chi connectivity index (χ1v) is 5.57. The Morgan fingerprint density at radius 2 is 2.11 bits per heavy atom. The zero-order chi connectivity index (χ0) is 13.7. The zero-order valence-corrected chi connectivity index (χ0v) is 10.2. The summed E-state index contributed by atoms with van der Waals surface area (Å²) in [5, 5.41) is 9.92. The predicted molar refractivity (Wildman–Crippen MR) is 63.9 cm³/mol. The highest BCUT2D eigenvalue weighted by Gasteiger charge is 2.15. The Hall–Kier alpha value is -2.28. The van der Waals surface area contributed by atoms with Crippen LogP contribution in [0.15, 0.2) is 28.7 Å². The van der Waals surface area contributed by atoms with E-state index in [0.717, 1.165) is 0 Å². The molecule has 0 atom stereocenters. The molecule has 0 saturated carbocycles. The van der Waals surface area contributed by atoms with Crippen molar-refractivity contribution < 1.29 is 18.3 Å². The number of methoxy groups -OCH3 is 1. The lowest BCUT2D eigenvalue weighted by Gasteiger charge is -1.99. The average molecular weight is 265 g/mol. The van der Waals surface area contributed by atoms with Gasteiger partial charge in [0.05, 0.1) is 6.61 Å². The summed E-state index contributed by atoms with van der Waals surface area (Å²) in [5.41, 5.74) is 0.546. The first kappa shape index (κ1) is 13.2. The maximum Gasteiger partial charge on any atom is 0.308 e. The van der Waals surface area contributed by atoms with Crippen LogP contribution in [0.1, 0.15) is 10.7 Å². The third kappa shape index (κ3) is 3.35. The van der Waals surface area contributed by atoms with Gasteiger partial charge in [0.25, 0.3) is 0 Å². The van der Waals surface area contributed by atoms with E-state index < -0.39 is 5.91 Å². The lowest BCUT2D eigenvalue weighted by atomic mass is 10.2. The van der Waals surface area contributed by atoms with Gasteiger partial charge in [-0.15, -0.1) is 10.2 Å². The highest BCUT2D eigenvalue weighted by molar-refractivity contribution is 5.89. The Morgan fingerprint density at radius 1 is 1.37 bits per heavy atom. The van der Waals surface area contributed by atoms with E-state index in [4.69, 9.17) is 9.15 Å². The number of benzene rings is 1. The van der Waals surface area contributed by atoms with Gasteiger partial charge < -0.3 is 14.5 Å². The Kier molecular flexibility index (Phi) is 4.19. The molecule has 0 aliphatic heterocycles. The van der Waals surface area contributed by atoms with E-state index in [9.17, 15) is 9.18 Å². The SMILES string of the molecule is COCCNC(=O)c1nnc(-c2ccc(F)cc2)o1. The largest absolute Gasteiger partial charge is 0.412 e. The van der Waals surface area contributed by atoms with Gasteiger partial charge in [0.15, 0.2) is 0 Å². The number of nitrogens with one attached hydrogen (secondary N) is 1. The summed E-state index contributed by atoms with van der Waals surface area (Å²) in [5.74, 6) is -0.814. The van der Waals surface area contributed by atoms with Gasteiger partial charge in [-0.1, -0.05) is 0 Å². The second kappa shape index (κ2) is 6.05. The minimum absolute atomic E-state index is 0.143. The molecule has 0 aliphatic carbocycles. The van der Waals surface area contributed by atoms with Crippen molar-refractivity contribution in [3.05, 3.63) is 36.0 Å². The van der Waals surface area contributed by atoms with E-state index >= 15 is 0 Å². The van der Waals surface area contributed by atoms with E-state index in [1.807, 2.05) is 0 Å². The van der Waals surface area contributed by atoms with Crippen molar-refractivity contribution >= 4 is 5.91 Å². The molecule has 0 bridgehead atoms. The molecule has 0 fully saturated rings. The predicted octanol–water partition coefficient (Wildman–Crippen LogP) is 1.25. The van der Waals surface area contributed by atoms with Crippen LogP contribution in [-0.2, 0) is 4.74 Å². The van der Waals surface area contributed by atoms with Gasteiger partial charge in [-0.25, -0.2) is 4.39 Å². The van der Waals surface area contributed by atoms with Crippen LogP contribution in [0.2, 0.25) is 0 Å². The summed E-state index contributed by atoms with van der Waals surface area (Å²) in [6.07, 6.45) is 0. The molecule has 2 aromatic rings. The van der Waals surface area contributed by atoms with Crippen LogP contribution < -0.4 is 5.32 Å². The summed E-state index contributed by atoms with van der Waals surface area (Å²) in [7, 11) is 1.53. The van der Waals surface area contributed by atoms with E-state index in [0.29, 0.717) is 18.7 Å². The molecule has 0 spiro atoms. The molecule has 2 rings (SSSR count). The molecule has 0 saturated heterocycles. The number of nitrogens with zero attached hydrogens (tertiary/aromatic N) is 2. The minimum Gasteiger partial charge on any atom is -0.412 e. The third-order valence-electron chi connectivity index (χ3n) is 2.30. The summed E-state index contributed by atoms with van der Waals surface area (Å²) in [6.45, 7) is 0.744. The Labute approximate surface area is 108 Å². The maximum absolute atomic E-state index is 12.8. The zero-order valence-electron chi connectivity index (χ0n) is 10.2. The Balaban J connectivity index is 2.06. The molecule has 1 heterocycles. The fraction of sp³-hybridized carbons (Fsp3) is 0.250. The number of ether oxygens (including phenoxy) is 1. The first-order valence-electron chi connectivity index (χ1n) is 5.57. The number of halogens is 1. The summed E-state index contributed by atoms with van der Waals surface area (Å²) in [4.78, 5) is 11.6. The number of amides is 1. The number of rotatable bonds is 5. The Morgan fingerprint density at radius 3 is 2.79 bits per heavy atom. The summed E-state index contributed by atoms with van der Waals surface area (Å²) >= 11 is 0. The van der Waals surface area contributed by atoms with Gasteiger partial charge >= 0.3 is 11.8 Å². The molecule has 1 amide bonds. The number of aromatic nitrogens is 2. The van der Waals surface area contributed by atoms with Crippen LogP contribution in [0, 0.1) is 5.82 Å². The van der Waals surface area contributed by atoms with E-state index in [2.05, 4.69) is 15.5 Å². The third-order valence-corrected chi connectivity index (χ3v) is 2.30. The van der Waals surface area contributed by atoms with Crippen molar-refractivity contribution in [3.8, 4) is 11.5 Å². The Bertz CT molecular complexity index is 554. The fourth-order valence-electron chi connectivity index (χ4n) is 1.37. The summed E-state index contributed by atoms with van der Waals surface area (Å²) < 4.78 is 22.8. The first-order chi connectivity index (χ1) is 9.20. The molecule has 0 aliphatic rings. The number of carbonyl (C=O) groups is 1. The van der Waals surface area contributed by atoms with Crippen molar-refractivity contribution in [1.29, 1.82) is 0 Å². The van der Waals surface area contributed by atoms with Crippen molar-refractivity contribution in [2.75, 3.05) is 20.3 Å². The van der Waals surface area contributed by atoms with Crippen LogP contribution in [-0.4, -0.2) is 36.4 Å². The molecule has 0 unspecified atom stereocenters. The summed E-state index contributed by atoms with van der Waals surface area (Å²) in [6, 6.07) is 5.54. The molecule has 0 radical (unpaired) electrons. The maximum atomic E-state index is 12.8. The standard InChI is InChI=1S/C12H12FN3O3/c1-18-7-6-14-10(17)12-16-15-11(19-12)8-2-4-9(13)5-3-8/h2-5H,6-7H2,1H3,(H,14,17). The normalized spacial score (nSPS) is 10.4. The van der Waals surface area contributed by atoms with Crippen LogP contribution in [0.25, 0.3) is 11.5 Å². The van der Waals surface area contributed by atoms with Crippen LogP contribution in [0.5, 0.6) is 0 Å². The van der Waals surface area contributed by atoms with Crippen molar-refractivity contribution in [2.24, 2.45) is 0 Å². The van der Waals surface area contributed by atoms with Gasteiger partial charge in [0.1, 0.15) is 5.82 Å². The molecular weight excluding hydrogens is 253 g/mol. The second-order valence-corrected chi connectivity index (χ2v) is 3.67. The van der Waals surface area contributed by atoms with Crippen LogP contribution in [0.3, 0.4) is 0 Å². The van der Waals surface area contributed by atoms with Gasteiger partial charge in [0, 0.05) is 19.2 Å². The van der Waals surface area contributed by atoms with Gasteiger partial charge in [-0.05, 0) is 24.3 Å². The highest BCUT2D eigenvalue weighted by Crippen LogP contribution is 2.17. The highest BCUT2D eigenvalue weighted by atomic mass is 19.1. The smallest absolute Gasteiger partial charge is 0.308 e. The average Bonchev–Trinajstić information content (AvgIpc) is 2.89. The quantitative estimate of drug-likeness (QED) is 0.823. The number of hydrogen-bond acceptors (Lipinski definition) is 5. The van der Waals surface area contributed by atoms with Gasteiger partial charge in [0.2, 0.25) is 5.89 Å².